The van der Waals surface area contributed by atoms with Crippen LogP contribution in [0.5, 0.6) is 0 Å². The third kappa shape index (κ3) is 2.82. The number of ether oxygens (including phenoxy) is 1. The molecule has 0 fully saturated rings. The van der Waals surface area contributed by atoms with Crippen molar-refractivity contribution in [2.75, 3.05) is 19.0 Å². The van der Waals surface area contributed by atoms with Crippen molar-refractivity contribution in [3.05, 3.63) is 42.7 Å². The molecule has 1 aromatic carbocycles. The molecule has 3 rings (SSSR count). The van der Waals surface area contributed by atoms with Gasteiger partial charge in [0, 0.05) is 19.3 Å². The van der Waals surface area contributed by atoms with Crippen LogP contribution in [0.4, 0.5) is 15.9 Å². The van der Waals surface area contributed by atoms with Crippen LogP contribution in [0.3, 0.4) is 0 Å². The van der Waals surface area contributed by atoms with Crippen LogP contribution in [0.15, 0.2) is 36.9 Å². The SMILES string of the molecule is COCCn1cnc2c(Nc3ccc(F)cc3)ncnc21. The highest BCUT2D eigenvalue weighted by Crippen LogP contribution is 2.21. The van der Waals surface area contributed by atoms with E-state index in [2.05, 4.69) is 20.3 Å². The van der Waals surface area contributed by atoms with Gasteiger partial charge in [0.2, 0.25) is 0 Å². The molecular weight excluding hydrogens is 273 g/mol. The molecule has 2 aromatic heterocycles. The van der Waals surface area contributed by atoms with Crippen LogP contribution >= 0.6 is 0 Å². The number of imidazole rings is 1. The molecule has 0 radical (unpaired) electrons. The Labute approximate surface area is 120 Å². The van der Waals surface area contributed by atoms with Crippen molar-refractivity contribution in [1.29, 1.82) is 0 Å². The molecule has 21 heavy (non-hydrogen) atoms. The number of hydrogen-bond donors (Lipinski definition) is 1. The van der Waals surface area contributed by atoms with Gasteiger partial charge in [-0.3, -0.25) is 0 Å². The number of anilines is 2. The van der Waals surface area contributed by atoms with E-state index in [9.17, 15) is 4.39 Å². The summed E-state index contributed by atoms with van der Waals surface area (Å²) in [5.74, 6) is 0.306. The maximum absolute atomic E-state index is 12.9. The van der Waals surface area contributed by atoms with Gasteiger partial charge in [-0.15, -0.1) is 0 Å². The number of halogens is 1. The minimum Gasteiger partial charge on any atom is -0.383 e. The predicted molar refractivity (Wildman–Crippen MR) is 76.9 cm³/mol. The van der Waals surface area contributed by atoms with E-state index in [1.807, 2.05) is 4.57 Å². The topological polar surface area (TPSA) is 64.9 Å². The molecule has 7 heteroatoms. The number of nitrogens with zero attached hydrogens (tertiary/aromatic N) is 4. The second-order valence-electron chi connectivity index (χ2n) is 4.46. The van der Waals surface area contributed by atoms with Gasteiger partial charge >= 0.3 is 0 Å². The van der Waals surface area contributed by atoms with Crippen molar-refractivity contribution in [2.24, 2.45) is 0 Å². The van der Waals surface area contributed by atoms with Gasteiger partial charge in [-0.2, -0.15) is 0 Å². The molecule has 0 atom stereocenters. The van der Waals surface area contributed by atoms with Gasteiger partial charge in [0.05, 0.1) is 12.9 Å². The highest BCUT2D eigenvalue weighted by Gasteiger charge is 2.10. The molecule has 3 aromatic rings. The van der Waals surface area contributed by atoms with E-state index < -0.39 is 0 Å². The van der Waals surface area contributed by atoms with Crippen molar-refractivity contribution in [3.63, 3.8) is 0 Å². The van der Waals surface area contributed by atoms with Crippen LogP contribution in [0.25, 0.3) is 11.2 Å². The van der Waals surface area contributed by atoms with Gasteiger partial charge in [-0.1, -0.05) is 0 Å². The first kappa shape index (κ1) is 13.4. The van der Waals surface area contributed by atoms with E-state index >= 15 is 0 Å². The second-order valence-corrected chi connectivity index (χ2v) is 4.46. The highest BCUT2D eigenvalue weighted by molar-refractivity contribution is 5.84. The fourth-order valence-corrected chi connectivity index (χ4v) is 2.00. The lowest BCUT2D eigenvalue weighted by molar-refractivity contribution is 0.188. The largest absolute Gasteiger partial charge is 0.383 e. The van der Waals surface area contributed by atoms with Crippen LogP contribution in [0.2, 0.25) is 0 Å². The van der Waals surface area contributed by atoms with Crippen LogP contribution in [0.1, 0.15) is 0 Å². The number of methoxy groups -OCH3 is 1. The standard InChI is InChI=1S/C14H14FN5O/c1-21-7-6-20-9-18-12-13(16-8-17-14(12)20)19-11-4-2-10(15)3-5-11/h2-5,8-9H,6-7H2,1H3,(H,16,17,19). The Morgan fingerprint density at radius 1 is 1.19 bits per heavy atom. The summed E-state index contributed by atoms with van der Waals surface area (Å²) >= 11 is 0. The molecule has 0 saturated heterocycles. The van der Waals surface area contributed by atoms with Crippen LogP contribution in [-0.2, 0) is 11.3 Å². The molecule has 0 aliphatic heterocycles. The van der Waals surface area contributed by atoms with Crippen molar-refractivity contribution < 1.29 is 9.13 Å². The number of benzene rings is 1. The minimum absolute atomic E-state index is 0.280. The van der Waals surface area contributed by atoms with Crippen LogP contribution in [0, 0.1) is 5.82 Å². The summed E-state index contributed by atoms with van der Waals surface area (Å²) in [5.41, 5.74) is 2.13. The predicted octanol–water partition coefficient (Wildman–Crippen LogP) is 2.36. The van der Waals surface area contributed by atoms with Crippen LogP contribution in [-0.4, -0.2) is 33.2 Å². The molecule has 0 unspecified atom stereocenters. The van der Waals surface area contributed by atoms with Gasteiger partial charge in [0.1, 0.15) is 12.1 Å². The van der Waals surface area contributed by atoms with E-state index in [0.29, 0.717) is 24.5 Å². The number of aromatic nitrogens is 4. The van der Waals surface area contributed by atoms with E-state index in [4.69, 9.17) is 4.74 Å². The Morgan fingerprint density at radius 2 is 2.00 bits per heavy atom. The summed E-state index contributed by atoms with van der Waals surface area (Å²) in [6.45, 7) is 1.25. The molecule has 0 spiro atoms. The van der Waals surface area contributed by atoms with Crippen molar-refractivity contribution in [1.82, 2.24) is 19.5 Å². The number of fused-ring (bicyclic) bond motifs is 1. The number of nitrogens with one attached hydrogen (secondary N) is 1. The normalized spacial score (nSPS) is 11.0. The highest BCUT2D eigenvalue weighted by atomic mass is 19.1. The maximum atomic E-state index is 12.9. The lowest BCUT2D eigenvalue weighted by Crippen LogP contribution is -2.04. The van der Waals surface area contributed by atoms with Crippen LogP contribution < -0.4 is 5.32 Å². The zero-order chi connectivity index (χ0) is 14.7. The van der Waals surface area contributed by atoms with Crippen molar-refractivity contribution in [3.8, 4) is 0 Å². The summed E-state index contributed by atoms with van der Waals surface area (Å²) < 4.78 is 19.9. The zero-order valence-electron chi connectivity index (χ0n) is 11.5. The summed E-state index contributed by atoms with van der Waals surface area (Å²) in [6, 6.07) is 6.06. The van der Waals surface area contributed by atoms with Gasteiger partial charge in [0.15, 0.2) is 17.0 Å². The number of hydrogen-bond acceptors (Lipinski definition) is 5. The monoisotopic (exact) mass is 287 g/mol. The minimum atomic E-state index is -0.280. The molecule has 0 aliphatic carbocycles. The molecule has 6 nitrogen and oxygen atoms in total. The van der Waals surface area contributed by atoms with Crippen molar-refractivity contribution in [2.45, 2.75) is 6.54 Å². The van der Waals surface area contributed by atoms with Gasteiger partial charge in [-0.25, -0.2) is 19.3 Å². The second kappa shape index (κ2) is 5.84. The third-order valence-electron chi connectivity index (χ3n) is 3.04. The lowest BCUT2D eigenvalue weighted by atomic mass is 10.3. The molecule has 1 N–H and O–H groups in total. The lowest BCUT2D eigenvalue weighted by Gasteiger charge is -2.06. The van der Waals surface area contributed by atoms with Gasteiger partial charge in [-0.05, 0) is 24.3 Å². The van der Waals surface area contributed by atoms with Crippen molar-refractivity contribution >= 4 is 22.7 Å². The first-order valence-corrected chi connectivity index (χ1v) is 6.45. The molecule has 0 bridgehead atoms. The smallest absolute Gasteiger partial charge is 0.165 e. The Balaban J connectivity index is 1.92. The summed E-state index contributed by atoms with van der Waals surface area (Å²) in [4.78, 5) is 12.8. The fraction of sp³-hybridized carbons (Fsp3) is 0.214. The first-order valence-electron chi connectivity index (χ1n) is 6.45. The zero-order valence-corrected chi connectivity index (χ0v) is 11.5. The summed E-state index contributed by atoms with van der Waals surface area (Å²) in [6.07, 6.45) is 3.17. The average molecular weight is 287 g/mol. The quantitative estimate of drug-likeness (QED) is 0.780. The Morgan fingerprint density at radius 3 is 2.76 bits per heavy atom. The van der Waals surface area contributed by atoms with E-state index in [-0.39, 0.29) is 5.82 Å². The molecule has 2 heterocycles. The Bertz CT molecular complexity index is 741. The van der Waals surface area contributed by atoms with E-state index in [0.717, 1.165) is 11.3 Å². The Hall–Kier alpha value is -2.54. The summed E-state index contributed by atoms with van der Waals surface area (Å²) in [5, 5.41) is 3.12. The Kier molecular flexibility index (Phi) is 3.74. The molecule has 0 saturated carbocycles. The fourth-order valence-electron chi connectivity index (χ4n) is 2.00. The van der Waals surface area contributed by atoms with E-state index in [1.54, 1.807) is 25.6 Å². The van der Waals surface area contributed by atoms with Gasteiger partial charge < -0.3 is 14.6 Å². The molecule has 108 valence electrons. The molecule has 0 amide bonds. The van der Waals surface area contributed by atoms with E-state index in [1.165, 1.54) is 18.5 Å². The average Bonchev–Trinajstić information content (AvgIpc) is 2.92. The van der Waals surface area contributed by atoms with Gasteiger partial charge in [0.25, 0.3) is 0 Å². The molecular formula is C14H14FN5O. The maximum Gasteiger partial charge on any atom is 0.165 e. The summed E-state index contributed by atoms with van der Waals surface area (Å²) in [7, 11) is 1.65. The molecule has 0 aliphatic rings. The third-order valence-corrected chi connectivity index (χ3v) is 3.04. The number of rotatable bonds is 5. The first-order chi connectivity index (χ1) is 10.3.